The molecule has 0 saturated heterocycles. The first-order valence-corrected chi connectivity index (χ1v) is 10.0. The molecule has 2 atom stereocenters. The zero-order valence-corrected chi connectivity index (χ0v) is 17.4. The second-order valence-electron chi connectivity index (χ2n) is 7.09. The van der Waals surface area contributed by atoms with Crippen molar-refractivity contribution >= 4 is 23.5 Å². The van der Waals surface area contributed by atoms with Crippen molar-refractivity contribution in [1.82, 2.24) is 10.6 Å². The molecule has 0 aliphatic heterocycles. The van der Waals surface area contributed by atoms with Crippen LogP contribution in [0.2, 0.25) is 5.02 Å². The number of halogens is 1. The Morgan fingerprint density at radius 1 is 0.900 bits per heavy atom. The standard InChI is InChI=1S/C24H24ClN3O2/c1-16-8-5-6-13-20(16)21(27-24(26)30)15-22(29)28-23(17-9-3-2-4-10-17)18-11-7-12-19(25)14-18/h2-14,21,23H,15H2,1H3,(H,28,29)(H3,26,27,30). The van der Waals surface area contributed by atoms with Crippen LogP contribution in [0.3, 0.4) is 0 Å². The lowest BCUT2D eigenvalue weighted by atomic mass is 9.96. The van der Waals surface area contributed by atoms with E-state index in [1.807, 2.05) is 79.7 Å². The van der Waals surface area contributed by atoms with E-state index in [1.165, 1.54) is 0 Å². The van der Waals surface area contributed by atoms with E-state index in [0.717, 1.165) is 22.3 Å². The van der Waals surface area contributed by atoms with Crippen molar-refractivity contribution in [3.8, 4) is 0 Å². The highest BCUT2D eigenvalue weighted by Crippen LogP contribution is 2.26. The van der Waals surface area contributed by atoms with E-state index in [4.69, 9.17) is 17.3 Å². The number of rotatable bonds is 7. The number of benzene rings is 3. The lowest BCUT2D eigenvalue weighted by Gasteiger charge is -2.23. The number of nitrogens with two attached hydrogens (primary N) is 1. The van der Waals surface area contributed by atoms with Gasteiger partial charge in [0.25, 0.3) is 0 Å². The summed E-state index contributed by atoms with van der Waals surface area (Å²) in [6.45, 7) is 1.93. The summed E-state index contributed by atoms with van der Waals surface area (Å²) in [5.41, 5.74) is 8.99. The molecule has 0 saturated carbocycles. The van der Waals surface area contributed by atoms with Crippen LogP contribution in [0.15, 0.2) is 78.9 Å². The minimum Gasteiger partial charge on any atom is -0.352 e. The van der Waals surface area contributed by atoms with Gasteiger partial charge in [0.15, 0.2) is 0 Å². The molecule has 0 bridgehead atoms. The average Bonchev–Trinajstić information content (AvgIpc) is 2.72. The van der Waals surface area contributed by atoms with Crippen LogP contribution in [0.1, 0.15) is 40.8 Å². The van der Waals surface area contributed by atoms with Crippen LogP contribution >= 0.6 is 11.6 Å². The van der Waals surface area contributed by atoms with E-state index in [-0.39, 0.29) is 18.4 Å². The minimum atomic E-state index is -0.675. The normalized spacial score (nSPS) is 12.6. The van der Waals surface area contributed by atoms with Crippen LogP contribution in [-0.2, 0) is 4.79 Å². The Labute approximate surface area is 181 Å². The third-order valence-electron chi connectivity index (χ3n) is 4.89. The van der Waals surface area contributed by atoms with Gasteiger partial charge in [0.05, 0.1) is 18.5 Å². The molecule has 0 heterocycles. The summed E-state index contributed by atoms with van der Waals surface area (Å²) in [7, 11) is 0. The zero-order valence-electron chi connectivity index (χ0n) is 16.6. The van der Waals surface area contributed by atoms with Crippen molar-refractivity contribution in [3.63, 3.8) is 0 Å². The Morgan fingerprint density at radius 3 is 2.23 bits per heavy atom. The third kappa shape index (κ3) is 5.61. The van der Waals surface area contributed by atoms with Gasteiger partial charge in [-0.05, 0) is 41.3 Å². The maximum absolute atomic E-state index is 13.0. The number of nitrogens with one attached hydrogen (secondary N) is 2. The molecule has 6 heteroatoms. The predicted molar refractivity (Wildman–Crippen MR) is 119 cm³/mol. The van der Waals surface area contributed by atoms with E-state index in [1.54, 1.807) is 6.07 Å². The van der Waals surface area contributed by atoms with Crippen LogP contribution in [0.25, 0.3) is 0 Å². The van der Waals surface area contributed by atoms with Crippen molar-refractivity contribution in [2.24, 2.45) is 5.73 Å². The van der Waals surface area contributed by atoms with Crippen molar-refractivity contribution in [1.29, 1.82) is 0 Å². The van der Waals surface area contributed by atoms with Gasteiger partial charge in [0, 0.05) is 5.02 Å². The highest BCUT2D eigenvalue weighted by atomic mass is 35.5. The Morgan fingerprint density at radius 2 is 1.57 bits per heavy atom. The summed E-state index contributed by atoms with van der Waals surface area (Å²) in [6.07, 6.45) is 0.0533. The third-order valence-corrected chi connectivity index (χ3v) is 5.13. The van der Waals surface area contributed by atoms with Gasteiger partial charge in [0.2, 0.25) is 5.91 Å². The first-order valence-electron chi connectivity index (χ1n) is 9.65. The topological polar surface area (TPSA) is 84.2 Å². The van der Waals surface area contributed by atoms with Gasteiger partial charge in [0.1, 0.15) is 0 Å². The molecule has 0 aliphatic rings. The van der Waals surface area contributed by atoms with E-state index in [2.05, 4.69) is 10.6 Å². The molecule has 3 aromatic rings. The number of hydrogen-bond donors (Lipinski definition) is 3. The van der Waals surface area contributed by atoms with Crippen molar-refractivity contribution < 1.29 is 9.59 Å². The van der Waals surface area contributed by atoms with E-state index in [9.17, 15) is 9.59 Å². The van der Waals surface area contributed by atoms with Gasteiger partial charge < -0.3 is 16.4 Å². The van der Waals surface area contributed by atoms with Crippen LogP contribution in [0.5, 0.6) is 0 Å². The molecule has 3 rings (SSSR count). The van der Waals surface area contributed by atoms with Crippen LogP contribution in [0, 0.1) is 6.92 Å². The first kappa shape index (κ1) is 21.4. The highest BCUT2D eigenvalue weighted by molar-refractivity contribution is 6.30. The highest BCUT2D eigenvalue weighted by Gasteiger charge is 2.22. The van der Waals surface area contributed by atoms with Crippen LogP contribution < -0.4 is 16.4 Å². The Balaban J connectivity index is 1.85. The molecule has 0 aliphatic carbocycles. The molecule has 0 fully saturated rings. The second-order valence-corrected chi connectivity index (χ2v) is 7.52. The van der Waals surface area contributed by atoms with E-state index < -0.39 is 12.1 Å². The summed E-state index contributed by atoms with van der Waals surface area (Å²) in [6, 6.07) is 23.1. The van der Waals surface area contributed by atoms with E-state index >= 15 is 0 Å². The van der Waals surface area contributed by atoms with Crippen molar-refractivity contribution in [3.05, 3.63) is 106 Å². The fourth-order valence-corrected chi connectivity index (χ4v) is 3.68. The molecular formula is C24H24ClN3O2. The summed E-state index contributed by atoms with van der Waals surface area (Å²) in [5.74, 6) is -0.217. The minimum absolute atomic E-state index is 0.0533. The zero-order chi connectivity index (χ0) is 21.5. The fraction of sp³-hybridized carbons (Fsp3) is 0.167. The molecule has 154 valence electrons. The Kier molecular flexibility index (Phi) is 7.09. The molecule has 4 N–H and O–H groups in total. The number of carbonyl (C=O) groups excluding carboxylic acids is 2. The smallest absolute Gasteiger partial charge is 0.312 e. The van der Waals surface area contributed by atoms with Crippen LogP contribution in [-0.4, -0.2) is 11.9 Å². The number of carbonyl (C=O) groups is 2. The van der Waals surface area contributed by atoms with Gasteiger partial charge in [-0.25, -0.2) is 4.79 Å². The summed E-state index contributed by atoms with van der Waals surface area (Å²) in [5, 5.41) is 6.36. The SMILES string of the molecule is Cc1ccccc1C(CC(=O)NC(c1ccccc1)c1cccc(Cl)c1)NC(N)=O. The largest absolute Gasteiger partial charge is 0.352 e. The quantitative estimate of drug-likeness (QED) is 0.518. The summed E-state index contributed by atoms with van der Waals surface area (Å²) in [4.78, 5) is 24.6. The first-order chi connectivity index (χ1) is 14.4. The predicted octanol–water partition coefficient (Wildman–Crippen LogP) is 4.65. The fourth-order valence-electron chi connectivity index (χ4n) is 3.48. The molecule has 5 nitrogen and oxygen atoms in total. The lowest BCUT2D eigenvalue weighted by molar-refractivity contribution is -0.122. The average molecular weight is 422 g/mol. The maximum atomic E-state index is 13.0. The summed E-state index contributed by atoms with van der Waals surface area (Å²) < 4.78 is 0. The molecule has 0 aromatic heterocycles. The number of urea groups is 1. The van der Waals surface area contributed by atoms with Gasteiger partial charge in [-0.2, -0.15) is 0 Å². The maximum Gasteiger partial charge on any atom is 0.312 e. The van der Waals surface area contributed by atoms with Gasteiger partial charge in [-0.15, -0.1) is 0 Å². The van der Waals surface area contributed by atoms with Crippen LogP contribution in [0.4, 0.5) is 4.79 Å². The van der Waals surface area contributed by atoms with Crippen molar-refractivity contribution in [2.45, 2.75) is 25.4 Å². The number of primary amides is 1. The van der Waals surface area contributed by atoms with E-state index in [0.29, 0.717) is 5.02 Å². The Hall–Kier alpha value is -3.31. The van der Waals surface area contributed by atoms with Gasteiger partial charge in [-0.3, -0.25) is 4.79 Å². The molecular weight excluding hydrogens is 398 g/mol. The number of aryl methyl sites for hydroxylation is 1. The van der Waals surface area contributed by atoms with Crippen molar-refractivity contribution in [2.75, 3.05) is 0 Å². The molecule has 30 heavy (non-hydrogen) atoms. The number of hydrogen-bond acceptors (Lipinski definition) is 2. The Bertz CT molecular complexity index is 1020. The lowest BCUT2D eigenvalue weighted by Crippen LogP contribution is -2.38. The number of amides is 3. The monoisotopic (exact) mass is 421 g/mol. The molecule has 2 unspecified atom stereocenters. The molecule has 0 radical (unpaired) electrons. The van der Waals surface area contributed by atoms with Gasteiger partial charge in [-0.1, -0.05) is 78.3 Å². The molecule has 3 amide bonds. The molecule has 0 spiro atoms. The molecule has 3 aromatic carbocycles. The summed E-state index contributed by atoms with van der Waals surface area (Å²) >= 11 is 6.18. The van der Waals surface area contributed by atoms with Gasteiger partial charge >= 0.3 is 6.03 Å². The second kappa shape index (κ2) is 9.94.